The molecule has 0 amide bonds. The minimum Gasteiger partial charge on any atom is -2.00 e. The van der Waals surface area contributed by atoms with Gasteiger partial charge in [0.05, 0.1) is 0 Å². The van der Waals surface area contributed by atoms with E-state index in [2.05, 4.69) is 0 Å². The Balaban J connectivity index is 0. The molecular weight excluding hydrogens is 390 g/mol. The summed E-state index contributed by atoms with van der Waals surface area (Å²) >= 11 is 0. The smallest absolute Gasteiger partial charge is 2.00 e. The Morgan fingerprint density at radius 2 is 0.429 bits per heavy atom. The van der Waals surface area contributed by atoms with E-state index in [0.29, 0.717) is 0 Å². The third-order valence-electron chi connectivity index (χ3n) is 0. The quantitative estimate of drug-likeness (QED) is 0.549. The van der Waals surface area contributed by atoms with Gasteiger partial charge in [-0.25, -0.2) is 0 Å². The largest absolute Gasteiger partial charge is 3.00 e. The monoisotopic (exact) mass is 394 g/mol. The third-order valence-corrected chi connectivity index (χ3v) is 0. The van der Waals surface area contributed by atoms with E-state index in [1.807, 2.05) is 0 Å². The van der Waals surface area contributed by atoms with Gasteiger partial charge in [0.25, 0.3) is 0 Å². The van der Waals surface area contributed by atoms with Crippen LogP contribution in [0.2, 0.25) is 0 Å². The molecule has 0 spiro atoms. The summed E-state index contributed by atoms with van der Waals surface area (Å²) in [6.45, 7) is 0. The first kappa shape index (κ1) is 91.0. The van der Waals surface area contributed by atoms with E-state index in [-0.39, 0.29) is 115 Å². The predicted octanol–water partition coefficient (Wildman–Crippen LogP) is -0.131. The first-order valence-corrected chi connectivity index (χ1v) is 0. The second-order valence-electron chi connectivity index (χ2n) is 0. The van der Waals surface area contributed by atoms with Crippen LogP contribution in [0.4, 0.5) is 0 Å². The van der Waals surface area contributed by atoms with Gasteiger partial charge in [-0.2, -0.15) is 27.0 Å². The summed E-state index contributed by atoms with van der Waals surface area (Å²) in [6, 6.07) is 0. The van der Waals surface area contributed by atoms with Crippen molar-refractivity contribution in [1.82, 2.24) is 0 Å². The van der Waals surface area contributed by atoms with E-state index in [1.54, 1.807) is 0 Å². The normalized spacial score (nSPS) is 0. The Morgan fingerprint density at radius 1 is 0.429 bits per heavy atom. The molecule has 0 unspecified atom stereocenters. The van der Waals surface area contributed by atoms with Crippen LogP contribution in [-0.4, -0.2) is 0 Å². The molecule has 40 valence electrons. The van der Waals surface area contributed by atoms with Crippen LogP contribution in [0.3, 0.4) is 0 Å². The predicted molar refractivity (Wildman–Crippen MR) is 22.8 cm³/mol. The van der Waals surface area contributed by atoms with Crippen LogP contribution >= 0.6 is 27.0 Å². The molecule has 0 rings (SSSR count). The van der Waals surface area contributed by atoms with Gasteiger partial charge in [0.2, 0.25) is 0 Å². The summed E-state index contributed by atoms with van der Waals surface area (Å²) < 4.78 is 0. The molecule has 0 aromatic rings. The van der Waals surface area contributed by atoms with Crippen LogP contribution in [0.25, 0.3) is 0 Å². The summed E-state index contributed by atoms with van der Waals surface area (Å²) in [5.41, 5.74) is 0. The SMILES string of the molecule is S.S.[La+3].[La+3].[O-2].[O-2].[O-2]. The fourth-order valence-corrected chi connectivity index (χ4v) is 0. The molecule has 7 heteroatoms. The topological polar surface area (TPSA) is 85.5 Å². The third kappa shape index (κ3) is 49.4. The summed E-state index contributed by atoms with van der Waals surface area (Å²) in [5.74, 6) is 0. The van der Waals surface area contributed by atoms with Crippen molar-refractivity contribution in [2.45, 2.75) is 0 Å². The summed E-state index contributed by atoms with van der Waals surface area (Å²) in [5, 5.41) is 0. The molecule has 0 heterocycles. The maximum atomic E-state index is 0. The van der Waals surface area contributed by atoms with Gasteiger partial charge >= 0.3 is 71.2 Å². The molecule has 0 aromatic heterocycles. The molecule has 0 radical (unpaired) electrons. The first-order valence-electron chi connectivity index (χ1n) is 0. The Morgan fingerprint density at radius 3 is 0.429 bits per heavy atom. The minimum atomic E-state index is 0. The minimum absolute atomic E-state index is 0. The molecule has 7 heavy (non-hydrogen) atoms. The van der Waals surface area contributed by atoms with E-state index in [0.717, 1.165) is 0 Å². The molecular formula is H4La2O3S2. The molecule has 0 atom stereocenters. The van der Waals surface area contributed by atoms with Crippen molar-refractivity contribution in [3.05, 3.63) is 0 Å². The van der Waals surface area contributed by atoms with E-state index in [9.17, 15) is 0 Å². The Kier molecular flexibility index (Phi) is 839. The molecule has 0 saturated heterocycles. The second kappa shape index (κ2) is 64.6. The van der Waals surface area contributed by atoms with Crippen molar-refractivity contribution in [3.8, 4) is 0 Å². The van der Waals surface area contributed by atoms with Gasteiger partial charge in [0, 0.05) is 0 Å². The van der Waals surface area contributed by atoms with Crippen LogP contribution in [0.5, 0.6) is 0 Å². The zero-order valence-corrected chi connectivity index (χ0v) is 12.6. The van der Waals surface area contributed by atoms with E-state index < -0.39 is 0 Å². The standard InChI is InChI=1S/2La.3O.2H2S/h;;;;;2*1H2/q2*+3;3*-2;;. The molecule has 0 bridgehead atoms. The summed E-state index contributed by atoms with van der Waals surface area (Å²) in [7, 11) is 0. The van der Waals surface area contributed by atoms with Gasteiger partial charge in [-0.3, -0.25) is 0 Å². The fraction of sp³-hybridized carbons (Fsp3) is 0. The van der Waals surface area contributed by atoms with E-state index in [1.165, 1.54) is 0 Å². The van der Waals surface area contributed by atoms with Crippen LogP contribution in [0, 0.1) is 71.2 Å². The van der Waals surface area contributed by atoms with Crippen molar-refractivity contribution >= 4 is 27.0 Å². The molecule has 0 aliphatic rings. The molecule has 0 aromatic carbocycles. The summed E-state index contributed by atoms with van der Waals surface area (Å²) in [6.07, 6.45) is 0. The van der Waals surface area contributed by atoms with Crippen molar-refractivity contribution in [1.29, 1.82) is 0 Å². The van der Waals surface area contributed by atoms with Crippen LogP contribution in [0.15, 0.2) is 0 Å². The van der Waals surface area contributed by atoms with Gasteiger partial charge in [-0.15, -0.1) is 0 Å². The Hall–Kier alpha value is 2.97. The second-order valence-corrected chi connectivity index (χ2v) is 0. The molecule has 0 aliphatic carbocycles. The average Bonchev–Trinajstić information content (AvgIpc) is 0. The van der Waals surface area contributed by atoms with Gasteiger partial charge in [-0.1, -0.05) is 0 Å². The van der Waals surface area contributed by atoms with Gasteiger partial charge < -0.3 is 16.4 Å². The molecule has 0 fully saturated rings. The molecule has 0 N–H and O–H groups in total. The van der Waals surface area contributed by atoms with E-state index >= 15 is 0 Å². The average molecular weight is 394 g/mol. The first-order chi connectivity index (χ1) is 0. The van der Waals surface area contributed by atoms with Crippen molar-refractivity contribution in [2.75, 3.05) is 0 Å². The number of hydrogen-bond donors (Lipinski definition) is 0. The maximum absolute atomic E-state index is 0. The molecule has 3 nitrogen and oxygen atoms in total. The van der Waals surface area contributed by atoms with Crippen LogP contribution in [-0.2, 0) is 16.4 Å². The molecule has 0 saturated carbocycles. The number of rotatable bonds is 0. The Labute approximate surface area is 112 Å². The van der Waals surface area contributed by atoms with Gasteiger partial charge in [0.15, 0.2) is 0 Å². The Bertz CT molecular complexity index is 10.9. The fourth-order valence-electron chi connectivity index (χ4n) is 0. The number of hydrogen-bond acceptors (Lipinski definition) is 0. The van der Waals surface area contributed by atoms with Crippen molar-refractivity contribution in [3.63, 3.8) is 0 Å². The van der Waals surface area contributed by atoms with Gasteiger partial charge in [0.1, 0.15) is 0 Å². The zero-order chi connectivity index (χ0) is 0. The van der Waals surface area contributed by atoms with Crippen LogP contribution in [0.1, 0.15) is 0 Å². The van der Waals surface area contributed by atoms with Gasteiger partial charge in [-0.05, 0) is 0 Å². The maximum Gasteiger partial charge on any atom is 3.00 e. The molecule has 0 aliphatic heterocycles. The van der Waals surface area contributed by atoms with Crippen LogP contribution < -0.4 is 0 Å². The van der Waals surface area contributed by atoms with Crippen molar-refractivity contribution < 1.29 is 87.6 Å². The summed E-state index contributed by atoms with van der Waals surface area (Å²) in [4.78, 5) is 0. The van der Waals surface area contributed by atoms with Crippen molar-refractivity contribution in [2.24, 2.45) is 0 Å². The van der Waals surface area contributed by atoms with E-state index in [4.69, 9.17) is 0 Å². The zero-order valence-electron chi connectivity index (χ0n) is 3.38.